The monoisotopic (exact) mass is 445 g/mol. The first-order valence-corrected chi connectivity index (χ1v) is 10.8. The molecule has 6 N–H and O–H groups in total. The van der Waals surface area contributed by atoms with Crippen LogP contribution in [0.1, 0.15) is 57.3 Å². The first-order chi connectivity index (χ1) is 15.2. The van der Waals surface area contributed by atoms with Crippen LogP contribution < -0.4 is 5.73 Å². The molecular formula is C22H31N5O5. The Labute approximate surface area is 186 Å². The maximum absolute atomic E-state index is 12.8. The molecule has 1 aliphatic heterocycles. The van der Waals surface area contributed by atoms with Gasteiger partial charge in [0.1, 0.15) is 43.2 Å². The first kappa shape index (κ1) is 23.9. The van der Waals surface area contributed by atoms with Crippen molar-refractivity contribution in [2.45, 2.75) is 69.9 Å². The van der Waals surface area contributed by atoms with Crippen molar-refractivity contribution in [2.75, 3.05) is 6.61 Å². The van der Waals surface area contributed by atoms with E-state index in [9.17, 15) is 20.3 Å². The van der Waals surface area contributed by atoms with E-state index in [2.05, 4.69) is 9.98 Å². The number of aliphatic hydroxyl groups is 2. The molecule has 0 unspecified atom stereocenters. The van der Waals surface area contributed by atoms with Gasteiger partial charge >= 0.3 is 5.97 Å². The smallest absolute Gasteiger partial charge is 0.311 e. The summed E-state index contributed by atoms with van der Waals surface area (Å²) in [7, 11) is 0. The minimum atomic E-state index is -1.90. The second-order valence-corrected chi connectivity index (χ2v) is 9.02. The van der Waals surface area contributed by atoms with Crippen molar-refractivity contribution in [3.05, 3.63) is 23.5 Å². The zero-order valence-electron chi connectivity index (χ0n) is 18.4. The van der Waals surface area contributed by atoms with Gasteiger partial charge in [-0.3, -0.25) is 10.2 Å². The van der Waals surface area contributed by atoms with Crippen molar-refractivity contribution >= 4 is 18.1 Å². The lowest BCUT2D eigenvalue weighted by molar-refractivity contribution is -0.164. The first-order valence-electron chi connectivity index (χ1n) is 10.8. The Kier molecular flexibility index (Phi) is 7.03. The van der Waals surface area contributed by atoms with Gasteiger partial charge < -0.3 is 30.4 Å². The van der Waals surface area contributed by atoms with Crippen LogP contribution in [0, 0.1) is 28.1 Å². The van der Waals surface area contributed by atoms with Gasteiger partial charge in [0.2, 0.25) is 5.60 Å². The van der Waals surface area contributed by atoms with E-state index < -0.39 is 29.3 Å². The highest BCUT2D eigenvalue weighted by Gasteiger charge is 2.57. The van der Waals surface area contributed by atoms with Crippen molar-refractivity contribution in [1.29, 1.82) is 10.7 Å². The Morgan fingerprint density at radius 1 is 1.44 bits per heavy atom. The average molecular weight is 446 g/mol. The van der Waals surface area contributed by atoms with E-state index in [1.807, 2.05) is 19.9 Å². The molecule has 1 aromatic rings. The zero-order chi connectivity index (χ0) is 23.5. The number of rotatable bonds is 7. The van der Waals surface area contributed by atoms with Crippen molar-refractivity contribution in [1.82, 2.24) is 4.98 Å². The van der Waals surface area contributed by atoms with Crippen LogP contribution in [0.2, 0.25) is 0 Å². The van der Waals surface area contributed by atoms with Crippen molar-refractivity contribution in [3.63, 3.8) is 0 Å². The number of nitrogens with two attached hydrogens (primary N) is 1. The topological polar surface area (TPSA) is 178 Å². The predicted molar refractivity (Wildman–Crippen MR) is 116 cm³/mol. The zero-order valence-corrected chi connectivity index (χ0v) is 18.4. The minimum Gasteiger partial charge on any atom is -0.462 e. The molecule has 174 valence electrons. The van der Waals surface area contributed by atoms with Crippen molar-refractivity contribution < 1.29 is 24.5 Å². The summed E-state index contributed by atoms with van der Waals surface area (Å²) < 4.78 is 11.3. The van der Waals surface area contributed by atoms with E-state index >= 15 is 0 Å². The summed E-state index contributed by atoms with van der Waals surface area (Å²) in [5, 5.41) is 38.0. The highest BCUT2D eigenvalue weighted by molar-refractivity contribution is 5.99. The Balaban J connectivity index is 1.72. The third-order valence-corrected chi connectivity index (χ3v) is 6.72. The van der Waals surface area contributed by atoms with E-state index in [1.54, 1.807) is 0 Å². The standard InChI is InChI=1S/C22H31N5O5/c1-21(2,13-6-4-3-5-7-13)20(30)31-10-15-17(28)18(29)22(11-23,32-15)16-9-8-14(27-16)19(25)26-12-24/h8-9,12-13,15,17-18,27-29H,3-7,10H2,1-2H3,(H3,24,25,26)/t15-,17-,18-,22+/m1/s1. The van der Waals surface area contributed by atoms with Gasteiger partial charge in [-0.05, 0) is 44.7 Å². The number of nitrogens with zero attached hydrogens (tertiary/aromatic N) is 2. The molecule has 1 aromatic heterocycles. The molecule has 10 heteroatoms. The molecular weight excluding hydrogens is 414 g/mol. The van der Waals surface area contributed by atoms with Crippen molar-refractivity contribution in [2.24, 2.45) is 22.1 Å². The molecule has 0 radical (unpaired) electrons. The predicted octanol–water partition coefficient (Wildman–Crippen LogP) is 1.32. The second-order valence-electron chi connectivity index (χ2n) is 9.02. The highest BCUT2D eigenvalue weighted by atomic mass is 16.6. The lowest BCUT2D eigenvalue weighted by Gasteiger charge is -2.35. The molecule has 2 heterocycles. The fourth-order valence-electron chi connectivity index (χ4n) is 4.57. The molecule has 2 fully saturated rings. The van der Waals surface area contributed by atoms with Crippen LogP contribution in [0.25, 0.3) is 0 Å². The lowest BCUT2D eigenvalue weighted by atomic mass is 9.71. The molecule has 4 atom stereocenters. The number of carbonyl (C=O) groups excluding carboxylic acids is 1. The summed E-state index contributed by atoms with van der Waals surface area (Å²) in [6, 6.07) is 4.94. The Morgan fingerprint density at radius 2 is 2.12 bits per heavy atom. The average Bonchev–Trinajstić information content (AvgIpc) is 3.38. The molecule has 1 saturated heterocycles. The minimum absolute atomic E-state index is 0.0165. The number of carbonyl (C=O) groups is 1. The fourth-order valence-corrected chi connectivity index (χ4v) is 4.57. The van der Waals surface area contributed by atoms with Gasteiger partial charge in [0.25, 0.3) is 0 Å². The maximum atomic E-state index is 12.8. The Morgan fingerprint density at radius 3 is 2.75 bits per heavy atom. The molecule has 2 aliphatic rings. The van der Waals surface area contributed by atoms with Crippen LogP contribution >= 0.6 is 0 Å². The van der Waals surface area contributed by atoms with Crippen LogP contribution in [-0.2, 0) is 19.9 Å². The third kappa shape index (κ3) is 4.28. The number of nitrogens with one attached hydrogen (secondary N) is 2. The number of aromatic nitrogens is 1. The summed E-state index contributed by atoms with van der Waals surface area (Å²) in [5.74, 6) is -0.142. The molecule has 32 heavy (non-hydrogen) atoms. The van der Waals surface area contributed by atoms with E-state index in [-0.39, 0.29) is 30.0 Å². The van der Waals surface area contributed by atoms with E-state index in [4.69, 9.17) is 20.6 Å². The molecule has 0 bridgehead atoms. The Bertz CT molecular complexity index is 914. The molecule has 3 rings (SSSR count). The molecule has 0 amide bonds. The fraction of sp³-hybridized carbons (Fsp3) is 0.636. The maximum Gasteiger partial charge on any atom is 0.311 e. The van der Waals surface area contributed by atoms with Gasteiger partial charge in [-0.2, -0.15) is 5.26 Å². The Hall–Kier alpha value is -2.74. The van der Waals surface area contributed by atoms with E-state index in [1.165, 1.54) is 18.6 Å². The van der Waals surface area contributed by atoms with Gasteiger partial charge in [-0.1, -0.05) is 19.3 Å². The van der Waals surface area contributed by atoms with E-state index in [0.29, 0.717) is 5.69 Å². The number of aliphatic imine (C=N–C) groups is 1. The van der Waals surface area contributed by atoms with Crippen LogP contribution in [0.4, 0.5) is 0 Å². The molecule has 1 aliphatic carbocycles. The van der Waals surface area contributed by atoms with Gasteiger partial charge in [-0.25, -0.2) is 4.99 Å². The van der Waals surface area contributed by atoms with Gasteiger partial charge in [-0.15, -0.1) is 0 Å². The lowest BCUT2D eigenvalue weighted by Crippen LogP contribution is -2.41. The van der Waals surface area contributed by atoms with Gasteiger partial charge in [0.05, 0.1) is 16.8 Å². The second kappa shape index (κ2) is 9.40. The summed E-state index contributed by atoms with van der Waals surface area (Å²) in [6.45, 7) is 3.44. The molecule has 1 saturated carbocycles. The van der Waals surface area contributed by atoms with Gasteiger partial charge in [0, 0.05) is 0 Å². The number of amidine groups is 1. The number of aromatic amines is 1. The normalized spacial score (nSPS) is 29.5. The number of esters is 1. The van der Waals surface area contributed by atoms with Crippen LogP contribution in [0.15, 0.2) is 17.1 Å². The third-order valence-electron chi connectivity index (χ3n) is 6.72. The summed E-state index contributed by atoms with van der Waals surface area (Å²) >= 11 is 0. The SMILES string of the molecule is CC(C)(C(=O)OC[C@H]1O[C@@](C#N)(c2ccc(C(N)=NC=N)[nH]2)[C@H](O)[C@@H]1O)C1CCCCC1. The summed E-state index contributed by atoms with van der Waals surface area (Å²) in [6.07, 6.45) is 1.97. The molecule has 10 nitrogen and oxygen atoms in total. The number of aliphatic hydroxyl groups excluding tert-OH is 2. The number of hydrogen-bond acceptors (Lipinski definition) is 7. The quantitative estimate of drug-likeness (QED) is 0.238. The number of nitriles is 1. The van der Waals surface area contributed by atoms with Crippen LogP contribution in [-0.4, -0.2) is 58.3 Å². The molecule has 0 spiro atoms. The number of ether oxygens (including phenoxy) is 2. The van der Waals surface area contributed by atoms with Crippen molar-refractivity contribution in [3.8, 4) is 6.07 Å². The van der Waals surface area contributed by atoms with E-state index in [0.717, 1.165) is 32.0 Å². The molecule has 0 aromatic carbocycles. The summed E-state index contributed by atoms with van der Waals surface area (Å²) in [4.78, 5) is 19.3. The summed E-state index contributed by atoms with van der Waals surface area (Å²) in [5.41, 5.74) is 3.67. The highest BCUT2D eigenvalue weighted by Crippen LogP contribution is 2.41. The number of hydrogen-bond donors (Lipinski definition) is 5. The van der Waals surface area contributed by atoms with Gasteiger partial charge in [0.15, 0.2) is 0 Å². The van der Waals surface area contributed by atoms with Crippen LogP contribution in [0.5, 0.6) is 0 Å². The van der Waals surface area contributed by atoms with Crippen LogP contribution in [0.3, 0.4) is 0 Å². The largest absolute Gasteiger partial charge is 0.462 e. The number of H-pyrrole nitrogens is 1.